The van der Waals surface area contributed by atoms with Crippen molar-refractivity contribution in [1.29, 1.82) is 0 Å². The number of aromatic nitrogens is 2. The molecule has 1 aliphatic heterocycles. The molecule has 10 heteroatoms. The zero-order valence-corrected chi connectivity index (χ0v) is 18.6. The van der Waals surface area contributed by atoms with E-state index in [4.69, 9.17) is 4.74 Å². The molecule has 2 aromatic rings. The Morgan fingerprint density at radius 2 is 2.03 bits per heavy atom. The van der Waals surface area contributed by atoms with Gasteiger partial charge in [0.15, 0.2) is 5.96 Å². The van der Waals surface area contributed by atoms with Crippen molar-refractivity contribution < 1.29 is 17.9 Å². The van der Waals surface area contributed by atoms with Gasteiger partial charge in [0.2, 0.25) is 0 Å². The summed E-state index contributed by atoms with van der Waals surface area (Å²) in [7, 11) is 1.86. The van der Waals surface area contributed by atoms with Crippen LogP contribution in [0.3, 0.4) is 0 Å². The first-order valence-electron chi connectivity index (χ1n) is 9.16. The van der Waals surface area contributed by atoms with Crippen LogP contribution in [0.5, 0.6) is 0 Å². The molecule has 1 aromatic heterocycles. The lowest BCUT2D eigenvalue weighted by Gasteiger charge is -2.34. The maximum atomic E-state index is 12.7. The molecule has 160 valence electrons. The Bertz CT molecular complexity index is 807. The molecule has 0 saturated carbocycles. The highest BCUT2D eigenvalue weighted by Gasteiger charge is 2.30. The molecular weight excluding hydrogens is 498 g/mol. The van der Waals surface area contributed by atoms with Gasteiger partial charge in [0.1, 0.15) is 6.10 Å². The number of aliphatic imine (C=N–C) groups is 1. The highest BCUT2D eigenvalue weighted by atomic mass is 127. The van der Waals surface area contributed by atoms with Crippen LogP contribution in [-0.2, 0) is 24.5 Å². The number of alkyl halides is 3. The van der Waals surface area contributed by atoms with Gasteiger partial charge in [-0.1, -0.05) is 12.1 Å². The first-order valence-corrected chi connectivity index (χ1v) is 9.16. The van der Waals surface area contributed by atoms with Crippen LogP contribution in [0, 0.1) is 0 Å². The molecule has 6 nitrogen and oxygen atoms in total. The zero-order chi connectivity index (χ0) is 20.1. The monoisotopic (exact) mass is 523 g/mol. The van der Waals surface area contributed by atoms with E-state index in [1.165, 1.54) is 12.1 Å². The second kappa shape index (κ2) is 10.3. The van der Waals surface area contributed by atoms with Crippen LogP contribution in [0.25, 0.3) is 0 Å². The SMILES string of the molecule is CCNC(=NCc1ccc(C(F)(F)F)cc1)N1CCOC(c2cnn(C)c2)C1.I. The van der Waals surface area contributed by atoms with E-state index >= 15 is 0 Å². The van der Waals surface area contributed by atoms with Crippen molar-refractivity contribution >= 4 is 29.9 Å². The molecule has 1 fully saturated rings. The number of benzene rings is 1. The molecule has 0 bridgehead atoms. The number of guanidine groups is 1. The van der Waals surface area contributed by atoms with E-state index in [0.717, 1.165) is 29.2 Å². The van der Waals surface area contributed by atoms with Gasteiger partial charge in [0.05, 0.1) is 31.5 Å². The summed E-state index contributed by atoms with van der Waals surface area (Å²) in [6.45, 7) is 4.85. The molecule has 29 heavy (non-hydrogen) atoms. The number of morpholine rings is 1. The number of rotatable bonds is 4. The fraction of sp³-hybridized carbons (Fsp3) is 0.474. The largest absolute Gasteiger partial charge is 0.416 e. The Hall–Kier alpha value is -1.82. The van der Waals surface area contributed by atoms with E-state index < -0.39 is 11.7 Å². The van der Waals surface area contributed by atoms with Crippen LogP contribution in [0.1, 0.15) is 29.7 Å². The summed E-state index contributed by atoms with van der Waals surface area (Å²) in [5, 5.41) is 7.45. The van der Waals surface area contributed by atoms with Crippen molar-refractivity contribution in [2.45, 2.75) is 25.7 Å². The highest BCUT2D eigenvalue weighted by molar-refractivity contribution is 14.0. The van der Waals surface area contributed by atoms with E-state index in [1.54, 1.807) is 10.9 Å². The van der Waals surface area contributed by atoms with E-state index in [-0.39, 0.29) is 30.1 Å². The molecule has 2 heterocycles. The van der Waals surface area contributed by atoms with Gasteiger partial charge in [-0.2, -0.15) is 18.3 Å². The van der Waals surface area contributed by atoms with E-state index in [1.807, 2.05) is 20.2 Å². The molecule has 0 radical (unpaired) electrons. The van der Waals surface area contributed by atoms with Crippen molar-refractivity contribution in [3.8, 4) is 0 Å². The molecule has 1 saturated heterocycles. The Morgan fingerprint density at radius 3 is 2.62 bits per heavy atom. The van der Waals surface area contributed by atoms with Gasteiger partial charge in [-0.25, -0.2) is 4.99 Å². The van der Waals surface area contributed by atoms with Crippen molar-refractivity contribution in [3.05, 3.63) is 53.3 Å². The van der Waals surface area contributed by atoms with E-state index in [9.17, 15) is 13.2 Å². The van der Waals surface area contributed by atoms with Crippen molar-refractivity contribution in [2.24, 2.45) is 12.0 Å². The lowest BCUT2D eigenvalue weighted by molar-refractivity contribution is -0.137. The Morgan fingerprint density at radius 1 is 1.31 bits per heavy atom. The van der Waals surface area contributed by atoms with Gasteiger partial charge < -0.3 is 15.0 Å². The number of nitrogens with one attached hydrogen (secondary N) is 1. The van der Waals surface area contributed by atoms with Crippen molar-refractivity contribution in [3.63, 3.8) is 0 Å². The lowest BCUT2D eigenvalue weighted by Crippen LogP contribution is -2.48. The van der Waals surface area contributed by atoms with Gasteiger partial charge in [-0.05, 0) is 24.6 Å². The van der Waals surface area contributed by atoms with Crippen LogP contribution in [0.2, 0.25) is 0 Å². The maximum absolute atomic E-state index is 12.7. The topological polar surface area (TPSA) is 54.7 Å². The number of nitrogens with zero attached hydrogens (tertiary/aromatic N) is 4. The number of halogens is 4. The first kappa shape index (κ1) is 23.5. The summed E-state index contributed by atoms with van der Waals surface area (Å²) in [6, 6.07) is 5.11. The van der Waals surface area contributed by atoms with Gasteiger partial charge in [-0.3, -0.25) is 4.68 Å². The second-order valence-electron chi connectivity index (χ2n) is 6.62. The average molecular weight is 523 g/mol. The number of hydrogen-bond donors (Lipinski definition) is 1. The molecule has 0 spiro atoms. The number of ether oxygens (including phenoxy) is 1. The number of hydrogen-bond acceptors (Lipinski definition) is 3. The van der Waals surface area contributed by atoms with E-state index in [0.29, 0.717) is 32.8 Å². The molecule has 1 unspecified atom stereocenters. The van der Waals surface area contributed by atoms with Gasteiger partial charge in [0, 0.05) is 31.9 Å². The average Bonchev–Trinajstić information content (AvgIpc) is 3.11. The van der Waals surface area contributed by atoms with Gasteiger partial charge in [-0.15, -0.1) is 24.0 Å². The minimum Gasteiger partial charge on any atom is -0.370 e. The molecule has 0 amide bonds. The molecule has 1 aliphatic rings. The normalized spacial score (nSPS) is 17.8. The molecule has 1 N–H and O–H groups in total. The van der Waals surface area contributed by atoms with Gasteiger partial charge in [0.25, 0.3) is 0 Å². The summed E-state index contributed by atoms with van der Waals surface area (Å²) in [6.07, 6.45) is -0.704. The Labute approximate surface area is 185 Å². The standard InChI is InChI=1S/C19H24F3N5O.HI/c1-3-23-18(24-10-14-4-6-16(7-5-14)19(20,21)22)27-8-9-28-17(13-27)15-11-25-26(2)12-15;/h4-7,11-12,17H,3,8-10,13H2,1-2H3,(H,23,24);1H. The molecular formula is C19H25F3IN5O. The first-order chi connectivity index (χ1) is 13.4. The summed E-state index contributed by atoms with van der Waals surface area (Å²) in [4.78, 5) is 6.71. The van der Waals surface area contributed by atoms with Gasteiger partial charge >= 0.3 is 6.18 Å². The summed E-state index contributed by atoms with van der Waals surface area (Å²) in [5.41, 5.74) is 1.07. The fourth-order valence-corrected chi connectivity index (χ4v) is 3.04. The lowest BCUT2D eigenvalue weighted by atomic mass is 10.1. The molecule has 3 rings (SSSR count). The maximum Gasteiger partial charge on any atom is 0.416 e. The van der Waals surface area contributed by atoms with Crippen LogP contribution < -0.4 is 5.32 Å². The van der Waals surface area contributed by atoms with Crippen LogP contribution in [0.4, 0.5) is 13.2 Å². The third-order valence-corrected chi connectivity index (χ3v) is 4.49. The van der Waals surface area contributed by atoms with Crippen molar-refractivity contribution in [2.75, 3.05) is 26.2 Å². The van der Waals surface area contributed by atoms with Crippen LogP contribution in [-0.4, -0.2) is 46.9 Å². The third kappa shape index (κ3) is 6.33. The smallest absolute Gasteiger partial charge is 0.370 e. The molecule has 1 aromatic carbocycles. The number of aryl methyl sites for hydroxylation is 1. The molecule has 1 atom stereocenters. The summed E-state index contributed by atoms with van der Waals surface area (Å²) >= 11 is 0. The second-order valence-corrected chi connectivity index (χ2v) is 6.62. The summed E-state index contributed by atoms with van der Waals surface area (Å²) in [5.74, 6) is 0.722. The Kier molecular flexibility index (Phi) is 8.32. The predicted octanol–water partition coefficient (Wildman–Crippen LogP) is 3.60. The minimum absolute atomic E-state index is 0. The van der Waals surface area contributed by atoms with Crippen molar-refractivity contribution in [1.82, 2.24) is 20.0 Å². The summed E-state index contributed by atoms with van der Waals surface area (Å²) < 4.78 is 45.7. The third-order valence-electron chi connectivity index (χ3n) is 4.49. The predicted molar refractivity (Wildman–Crippen MR) is 115 cm³/mol. The van der Waals surface area contributed by atoms with E-state index in [2.05, 4.69) is 20.3 Å². The zero-order valence-electron chi connectivity index (χ0n) is 16.3. The fourth-order valence-electron chi connectivity index (χ4n) is 3.04. The molecule has 0 aliphatic carbocycles. The van der Waals surface area contributed by atoms with Crippen LogP contribution >= 0.6 is 24.0 Å². The minimum atomic E-state index is -4.33. The van der Waals surface area contributed by atoms with Crippen LogP contribution in [0.15, 0.2) is 41.7 Å². The highest BCUT2D eigenvalue weighted by Crippen LogP contribution is 2.29. The quantitative estimate of drug-likeness (QED) is 0.378. The Balaban J connectivity index is 0.00000300.